The molecule has 4 N–H and O–H groups in total. The van der Waals surface area contributed by atoms with E-state index in [1.165, 1.54) is 0 Å². The van der Waals surface area contributed by atoms with Crippen molar-refractivity contribution in [1.82, 2.24) is 0 Å². The van der Waals surface area contributed by atoms with Crippen molar-refractivity contribution in [1.29, 1.82) is 0 Å². The fourth-order valence-corrected chi connectivity index (χ4v) is 0. The molecule has 0 amide bonds. The van der Waals surface area contributed by atoms with Crippen molar-refractivity contribution in [3.05, 3.63) is 0 Å². The largest absolute Gasteiger partial charge is 2.00 e. The molecule has 0 aliphatic heterocycles. The zero-order valence-electron chi connectivity index (χ0n) is 8.91. The number of phosphoric acid groups is 1. The molecular formula is H8CaMgO6P2. The average Bonchev–Trinajstić information content (AvgIpc) is 1.27. The summed E-state index contributed by atoms with van der Waals surface area (Å²) in [5.74, 6) is 0. The Morgan fingerprint density at radius 3 is 1.30 bits per heavy atom. The predicted octanol–water partition coefficient (Wildman–Crippen LogP) is -1.05. The van der Waals surface area contributed by atoms with Gasteiger partial charge in [0.1, 0.15) is 0 Å². The second-order valence-corrected chi connectivity index (χ2v) is 1.78. The Morgan fingerprint density at radius 1 is 1.30 bits per heavy atom. The van der Waals surface area contributed by atoms with Crippen LogP contribution in [0.2, 0.25) is 0 Å². The summed E-state index contributed by atoms with van der Waals surface area (Å²) in [6.45, 7) is 0. The summed E-state index contributed by atoms with van der Waals surface area (Å²) in [7, 11) is -5.47. The van der Waals surface area contributed by atoms with Crippen LogP contribution in [0.3, 0.4) is 0 Å². The van der Waals surface area contributed by atoms with Gasteiger partial charge in [-0.05, 0) is 0 Å². The molecule has 0 radical (unpaired) electrons. The van der Waals surface area contributed by atoms with Crippen molar-refractivity contribution < 1.29 is 34.4 Å². The van der Waals surface area contributed by atoms with Gasteiger partial charge in [-0.15, -0.1) is 0 Å². The van der Waals surface area contributed by atoms with E-state index in [9.17, 15) is 0 Å². The van der Waals surface area contributed by atoms with Crippen LogP contribution in [0.4, 0.5) is 0 Å². The molecule has 0 saturated carbocycles. The van der Waals surface area contributed by atoms with E-state index in [1.54, 1.807) is 0 Å². The van der Waals surface area contributed by atoms with Crippen LogP contribution in [0.15, 0.2) is 0 Å². The first-order valence-corrected chi connectivity index (χ1v) is 3.50. The molecule has 0 heterocycles. The molecule has 10 heavy (non-hydrogen) atoms. The third kappa shape index (κ3) is 179. The van der Waals surface area contributed by atoms with Crippen LogP contribution in [0, 0.1) is 0 Å². The topological polar surface area (TPSA) is 115 Å². The van der Waals surface area contributed by atoms with E-state index < -0.39 is 16.5 Å². The Bertz CT molecular complexity index is 102. The molecule has 0 bridgehead atoms. The SMILES string of the molecule is O=P(O)(O)O.O=PO.[Ca+2].[H-].[H-].[H-].[H-].[Mg+2]. The molecule has 58 valence electrons. The third-order valence-electron chi connectivity index (χ3n) is 0. The van der Waals surface area contributed by atoms with E-state index in [2.05, 4.69) is 0 Å². The summed E-state index contributed by atoms with van der Waals surface area (Å²) in [6.07, 6.45) is 0. The first-order chi connectivity index (χ1) is 3.41. The normalized spacial score (nSPS) is 8.00. The average molecular weight is 230 g/mol. The molecule has 6 nitrogen and oxygen atoms in total. The van der Waals surface area contributed by atoms with Gasteiger partial charge in [0.15, 0.2) is 0 Å². The molecule has 0 rings (SSSR count). The zero-order chi connectivity index (χ0) is 7.21. The second kappa shape index (κ2) is 13.8. The molecule has 0 atom stereocenters. The van der Waals surface area contributed by atoms with Crippen molar-refractivity contribution in [2.45, 2.75) is 0 Å². The quantitative estimate of drug-likeness (QED) is 0.312. The molecule has 0 unspecified atom stereocenters. The Kier molecular flexibility index (Phi) is 31.3. The predicted molar refractivity (Wildman–Crippen MR) is 40.0 cm³/mol. The molecule has 0 aliphatic carbocycles. The van der Waals surface area contributed by atoms with Crippen LogP contribution in [0.1, 0.15) is 5.71 Å². The summed E-state index contributed by atoms with van der Waals surface area (Å²) in [6, 6.07) is 0. The Balaban J connectivity index is -0.00000000626. The molecule has 0 saturated heterocycles. The summed E-state index contributed by atoms with van der Waals surface area (Å²) >= 11 is 0. The van der Waals surface area contributed by atoms with E-state index >= 15 is 0 Å². The van der Waals surface area contributed by atoms with E-state index in [1.807, 2.05) is 0 Å². The van der Waals surface area contributed by atoms with Crippen molar-refractivity contribution in [2.75, 3.05) is 0 Å². The van der Waals surface area contributed by atoms with Gasteiger partial charge in [-0.2, -0.15) is 0 Å². The summed E-state index contributed by atoms with van der Waals surface area (Å²) in [4.78, 5) is 28.5. The second-order valence-electron chi connectivity index (χ2n) is 0.595. The van der Waals surface area contributed by atoms with Crippen LogP contribution < -0.4 is 0 Å². The van der Waals surface area contributed by atoms with Crippen molar-refractivity contribution >= 4 is 77.3 Å². The first kappa shape index (κ1) is 22.8. The van der Waals surface area contributed by atoms with Gasteiger partial charge in [0.25, 0.3) is 0 Å². The van der Waals surface area contributed by atoms with Gasteiger partial charge >= 0.3 is 77.3 Å². The van der Waals surface area contributed by atoms with Gasteiger partial charge in [0.2, 0.25) is 0 Å². The van der Waals surface area contributed by atoms with E-state index in [0.29, 0.717) is 0 Å². The van der Waals surface area contributed by atoms with Gasteiger partial charge in [0.05, 0.1) is 0 Å². The molecule has 10 heteroatoms. The molecule has 0 aromatic rings. The Labute approximate surface area is 111 Å². The van der Waals surface area contributed by atoms with Crippen LogP contribution in [-0.2, 0) is 9.13 Å². The summed E-state index contributed by atoms with van der Waals surface area (Å²) < 4.78 is 17.3. The maximum Gasteiger partial charge on any atom is 2.00 e. The minimum atomic E-state index is -4.64. The monoisotopic (exact) mass is 230 g/mol. The number of hydrogen-bond donors (Lipinski definition) is 4. The van der Waals surface area contributed by atoms with Gasteiger partial charge in [-0.1, -0.05) is 0 Å². The Morgan fingerprint density at radius 2 is 1.30 bits per heavy atom. The number of rotatable bonds is 0. The fraction of sp³-hybridized carbons (Fsp3) is 0. The standard InChI is InChI=1S/Ca.Mg.H3O4P.HO2P.4H/c;;1-5(2,3)4;1-3-2;;;;/h;;(H3,1,2,3,4);(H,1,2);;;;/q2*+2;;;4*-1. The van der Waals surface area contributed by atoms with Crippen molar-refractivity contribution in [2.24, 2.45) is 0 Å². The van der Waals surface area contributed by atoms with Crippen LogP contribution in [0.25, 0.3) is 0 Å². The van der Waals surface area contributed by atoms with Gasteiger partial charge < -0.3 is 25.3 Å². The minimum absolute atomic E-state index is 0. The molecule has 0 fully saturated rings. The van der Waals surface area contributed by atoms with Crippen molar-refractivity contribution in [3.8, 4) is 0 Å². The van der Waals surface area contributed by atoms with Crippen LogP contribution in [-0.4, -0.2) is 80.4 Å². The molecule has 0 aromatic heterocycles. The summed E-state index contributed by atoms with van der Waals surface area (Å²) in [5, 5.41) is 0. The maximum absolute atomic E-state index is 8.88. The fourth-order valence-electron chi connectivity index (χ4n) is 0. The number of hydrogen-bond acceptors (Lipinski definition) is 2. The van der Waals surface area contributed by atoms with Gasteiger partial charge in [-0.3, -0.25) is 0 Å². The van der Waals surface area contributed by atoms with Crippen molar-refractivity contribution in [3.63, 3.8) is 0 Å². The van der Waals surface area contributed by atoms with E-state index in [0.717, 1.165) is 0 Å². The third-order valence-corrected chi connectivity index (χ3v) is 0. The van der Waals surface area contributed by atoms with Crippen LogP contribution in [0.5, 0.6) is 0 Å². The van der Waals surface area contributed by atoms with E-state index in [4.69, 9.17) is 28.7 Å². The molecule has 0 aliphatic rings. The van der Waals surface area contributed by atoms with Gasteiger partial charge in [0, 0.05) is 0 Å². The molecule has 0 aromatic carbocycles. The molecule has 0 spiro atoms. The minimum Gasteiger partial charge on any atom is -1.00 e. The molecular weight excluding hydrogens is 222 g/mol. The Hall–Kier alpha value is 2.20. The first-order valence-electron chi connectivity index (χ1n) is 1.17. The van der Waals surface area contributed by atoms with E-state index in [-0.39, 0.29) is 66.5 Å². The van der Waals surface area contributed by atoms with Gasteiger partial charge in [-0.25, -0.2) is 9.13 Å². The maximum atomic E-state index is 8.88. The zero-order valence-corrected chi connectivity index (χ0v) is 10.3. The smallest absolute Gasteiger partial charge is 1.00 e. The van der Waals surface area contributed by atoms with Crippen LogP contribution >= 0.6 is 16.5 Å². The summed E-state index contributed by atoms with van der Waals surface area (Å²) in [5.41, 5.74) is 0.